The molecule has 1 aromatic carbocycles. The van der Waals surface area contributed by atoms with Gasteiger partial charge in [0.25, 0.3) is 11.7 Å². The molecule has 0 bridgehead atoms. The first kappa shape index (κ1) is 16.2. The van der Waals surface area contributed by atoms with Crippen LogP contribution in [0.5, 0.6) is 0 Å². The SMILES string of the molecule is CCn1cc(C(=O)C(=O)NCCCN2CCc3ccccc32)cn1. The summed E-state index contributed by atoms with van der Waals surface area (Å²) >= 11 is 0. The lowest BCUT2D eigenvalue weighted by molar-refractivity contribution is -0.117. The van der Waals surface area contributed by atoms with Gasteiger partial charge in [0, 0.05) is 38.1 Å². The summed E-state index contributed by atoms with van der Waals surface area (Å²) in [4.78, 5) is 26.3. The fourth-order valence-electron chi connectivity index (χ4n) is 2.98. The van der Waals surface area contributed by atoms with E-state index in [9.17, 15) is 9.59 Å². The van der Waals surface area contributed by atoms with Crippen LogP contribution in [0.25, 0.3) is 0 Å². The fraction of sp³-hybridized carbons (Fsp3) is 0.389. The highest BCUT2D eigenvalue weighted by molar-refractivity contribution is 6.42. The molecular weight excluding hydrogens is 304 g/mol. The maximum Gasteiger partial charge on any atom is 0.292 e. The molecule has 1 N–H and O–H groups in total. The van der Waals surface area contributed by atoms with Gasteiger partial charge in [-0.25, -0.2) is 0 Å². The van der Waals surface area contributed by atoms with Crippen molar-refractivity contribution < 1.29 is 9.59 Å². The first-order valence-electron chi connectivity index (χ1n) is 8.37. The molecule has 2 heterocycles. The van der Waals surface area contributed by atoms with E-state index in [1.165, 1.54) is 17.4 Å². The number of aryl methyl sites for hydroxylation is 1. The summed E-state index contributed by atoms with van der Waals surface area (Å²) in [5.74, 6) is -1.09. The highest BCUT2D eigenvalue weighted by Crippen LogP contribution is 2.27. The molecular formula is C18H22N4O2. The van der Waals surface area contributed by atoms with Crippen LogP contribution in [0.1, 0.15) is 29.3 Å². The van der Waals surface area contributed by atoms with Crippen LogP contribution in [-0.2, 0) is 17.8 Å². The van der Waals surface area contributed by atoms with Gasteiger partial charge >= 0.3 is 0 Å². The van der Waals surface area contributed by atoms with E-state index in [-0.39, 0.29) is 0 Å². The Bertz CT molecular complexity index is 738. The molecule has 2 aromatic rings. The van der Waals surface area contributed by atoms with E-state index >= 15 is 0 Å². The molecule has 0 atom stereocenters. The van der Waals surface area contributed by atoms with Crippen LogP contribution in [0.2, 0.25) is 0 Å². The average Bonchev–Trinajstić information content (AvgIpc) is 3.25. The van der Waals surface area contributed by atoms with E-state index in [0.29, 0.717) is 18.7 Å². The largest absolute Gasteiger partial charge is 0.371 e. The number of fused-ring (bicyclic) bond motifs is 1. The van der Waals surface area contributed by atoms with Crippen molar-refractivity contribution in [2.24, 2.45) is 0 Å². The van der Waals surface area contributed by atoms with Crippen LogP contribution in [0.4, 0.5) is 5.69 Å². The molecule has 1 amide bonds. The summed E-state index contributed by atoms with van der Waals surface area (Å²) in [5.41, 5.74) is 3.00. The number of benzene rings is 1. The highest BCUT2D eigenvalue weighted by Gasteiger charge is 2.19. The van der Waals surface area contributed by atoms with Gasteiger partial charge in [0.15, 0.2) is 0 Å². The van der Waals surface area contributed by atoms with Gasteiger partial charge in [0.05, 0.1) is 11.8 Å². The van der Waals surface area contributed by atoms with E-state index in [4.69, 9.17) is 0 Å². The second kappa shape index (κ2) is 7.29. The fourth-order valence-corrected chi connectivity index (χ4v) is 2.98. The molecule has 6 nitrogen and oxygen atoms in total. The van der Waals surface area contributed by atoms with Crippen molar-refractivity contribution in [2.45, 2.75) is 26.3 Å². The molecule has 24 heavy (non-hydrogen) atoms. The van der Waals surface area contributed by atoms with Crippen molar-refractivity contribution in [3.8, 4) is 0 Å². The number of Topliss-reactive ketones (excluding diaryl/α,β-unsaturated/α-hetero) is 1. The monoisotopic (exact) mass is 326 g/mol. The number of rotatable bonds is 7. The highest BCUT2D eigenvalue weighted by atomic mass is 16.2. The standard InChI is InChI=1S/C18H22N4O2/c1-2-22-13-15(12-20-22)17(23)18(24)19-9-5-10-21-11-8-14-6-3-4-7-16(14)21/h3-4,6-7,12-13H,2,5,8-11H2,1H3,(H,19,24). The van der Waals surface area contributed by atoms with Crippen molar-refractivity contribution >= 4 is 17.4 Å². The van der Waals surface area contributed by atoms with Gasteiger partial charge in [-0.2, -0.15) is 5.10 Å². The average molecular weight is 326 g/mol. The third-order valence-electron chi connectivity index (χ3n) is 4.30. The Morgan fingerprint density at radius 1 is 1.29 bits per heavy atom. The molecule has 0 aliphatic carbocycles. The third kappa shape index (κ3) is 3.48. The van der Waals surface area contributed by atoms with Crippen LogP contribution in [0.15, 0.2) is 36.7 Å². The van der Waals surface area contributed by atoms with Crippen LogP contribution in [0.3, 0.4) is 0 Å². The van der Waals surface area contributed by atoms with Gasteiger partial charge in [-0.05, 0) is 31.4 Å². The normalized spacial score (nSPS) is 13.0. The van der Waals surface area contributed by atoms with E-state index in [1.54, 1.807) is 10.9 Å². The third-order valence-corrected chi connectivity index (χ3v) is 4.30. The predicted molar refractivity (Wildman–Crippen MR) is 92.2 cm³/mol. The minimum Gasteiger partial charge on any atom is -0.371 e. The number of anilines is 1. The molecule has 3 rings (SSSR count). The smallest absolute Gasteiger partial charge is 0.292 e. The van der Waals surface area contributed by atoms with E-state index in [1.807, 2.05) is 13.0 Å². The number of nitrogens with zero attached hydrogens (tertiary/aromatic N) is 3. The number of aromatic nitrogens is 2. The number of carbonyl (C=O) groups is 2. The summed E-state index contributed by atoms with van der Waals surface area (Å²) in [5, 5.41) is 6.72. The summed E-state index contributed by atoms with van der Waals surface area (Å²) in [7, 11) is 0. The van der Waals surface area contributed by atoms with Crippen molar-refractivity contribution in [3.63, 3.8) is 0 Å². The summed E-state index contributed by atoms with van der Waals surface area (Å²) in [6, 6.07) is 8.41. The second-order valence-electron chi connectivity index (χ2n) is 5.89. The molecule has 1 aliphatic heterocycles. The maximum atomic E-state index is 12.0. The number of carbonyl (C=O) groups excluding carboxylic acids is 2. The molecule has 6 heteroatoms. The van der Waals surface area contributed by atoms with Crippen LogP contribution in [-0.4, -0.2) is 41.1 Å². The quantitative estimate of drug-likeness (QED) is 0.477. The van der Waals surface area contributed by atoms with E-state index in [2.05, 4.69) is 33.5 Å². The Hall–Kier alpha value is -2.63. The molecule has 0 saturated heterocycles. The first-order valence-corrected chi connectivity index (χ1v) is 8.37. The van der Waals surface area contributed by atoms with Crippen molar-refractivity contribution in [2.75, 3.05) is 24.5 Å². The molecule has 0 unspecified atom stereocenters. The molecule has 0 radical (unpaired) electrons. The molecule has 0 saturated carbocycles. The van der Waals surface area contributed by atoms with Crippen molar-refractivity contribution in [1.29, 1.82) is 0 Å². The summed E-state index contributed by atoms with van der Waals surface area (Å²) < 4.78 is 1.63. The van der Waals surface area contributed by atoms with Gasteiger partial charge < -0.3 is 10.2 Å². The Labute approximate surface area is 141 Å². The first-order chi connectivity index (χ1) is 11.7. The van der Waals surface area contributed by atoms with Crippen molar-refractivity contribution in [3.05, 3.63) is 47.8 Å². The van der Waals surface area contributed by atoms with Crippen LogP contribution < -0.4 is 10.2 Å². The Balaban J connectivity index is 1.43. The van der Waals surface area contributed by atoms with Gasteiger partial charge in [-0.1, -0.05) is 18.2 Å². The molecule has 126 valence electrons. The van der Waals surface area contributed by atoms with Crippen LogP contribution in [0, 0.1) is 0 Å². The second-order valence-corrected chi connectivity index (χ2v) is 5.89. The minimum atomic E-state index is -0.563. The Morgan fingerprint density at radius 2 is 2.12 bits per heavy atom. The Kier molecular flexibility index (Phi) is 4.93. The maximum absolute atomic E-state index is 12.0. The van der Waals surface area contributed by atoms with Gasteiger partial charge in [-0.15, -0.1) is 0 Å². The Morgan fingerprint density at radius 3 is 2.92 bits per heavy atom. The number of hydrogen-bond acceptors (Lipinski definition) is 4. The molecule has 0 spiro atoms. The van der Waals surface area contributed by atoms with Gasteiger partial charge in [0.1, 0.15) is 0 Å². The lowest BCUT2D eigenvalue weighted by atomic mass is 10.2. The predicted octanol–water partition coefficient (Wildman–Crippen LogP) is 1.65. The lowest BCUT2D eigenvalue weighted by Crippen LogP contribution is -2.33. The zero-order valence-electron chi connectivity index (χ0n) is 13.9. The lowest BCUT2D eigenvalue weighted by Gasteiger charge is -2.19. The molecule has 1 aliphatic rings. The zero-order valence-corrected chi connectivity index (χ0v) is 13.9. The number of para-hydroxylation sites is 1. The van der Waals surface area contributed by atoms with Crippen molar-refractivity contribution in [1.82, 2.24) is 15.1 Å². The molecule has 0 fully saturated rings. The van der Waals surface area contributed by atoms with Gasteiger partial charge in [-0.3, -0.25) is 14.3 Å². The number of amides is 1. The summed E-state index contributed by atoms with van der Waals surface area (Å²) in [6.07, 6.45) is 4.92. The number of hydrogen-bond donors (Lipinski definition) is 1. The summed E-state index contributed by atoms with van der Waals surface area (Å²) in [6.45, 7) is 4.98. The van der Waals surface area contributed by atoms with E-state index < -0.39 is 11.7 Å². The zero-order chi connectivity index (χ0) is 16.9. The number of ketones is 1. The molecule has 1 aromatic heterocycles. The number of nitrogens with one attached hydrogen (secondary N) is 1. The van der Waals surface area contributed by atoms with Gasteiger partial charge in [0.2, 0.25) is 0 Å². The van der Waals surface area contributed by atoms with E-state index in [0.717, 1.165) is 25.9 Å². The van der Waals surface area contributed by atoms with Crippen LogP contribution >= 0.6 is 0 Å². The minimum absolute atomic E-state index is 0.336. The topological polar surface area (TPSA) is 67.2 Å².